The van der Waals surface area contributed by atoms with Crippen molar-refractivity contribution in [1.82, 2.24) is 15.5 Å². The highest BCUT2D eigenvalue weighted by Crippen LogP contribution is 2.05. The molecule has 94 valence electrons. The number of nitrogens with one attached hydrogen (secondary N) is 2. The van der Waals surface area contributed by atoms with Crippen molar-refractivity contribution in [3.8, 4) is 0 Å². The van der Waals surface area contributed by atoms with Crippen molar-refractivity contribution >= 4 is 5.91 Å². The van der Waals surface area contributed by atoms with E-state index in [0.29, 0.717) is 13.1 Å². The Morgan fingerprint density at radius 3 is 2.88 bits per heavy atom. The van der Waals surface area contributed by atoms with Crippen LogP contribution in [0.5, 0.6) is 0 Å². The minimum Gasteiger partial charge on any atom is -0.465 e. The predicted molar refractivity (Wildman–Crippen MR) is 64.6 cm³/mol. The average molecular weight is 237 g/mol. The molecule has 1 aromatic rings. The number of hydrogen-bond acceptors (Lipinski definition) is 4. The third-order valence-electron chi connectivity index (χ3n) is 2.83. The zero-order chi connectivity index (χ0) is 12.1. The zero-order valence-corrected chi connectivity index (χ0v) is 10.2. The lowest BCUT2D eigenvalue weighted by molar-refractivity contribution is -0.122. The van der Waals surface area contributed by atoms with E-state index >= 15 is 0 Å². The normalized spacial score (nSPS) is 17.0. The second kappa shape index (κ2) is 5.84. The summed E-state index contributed by atoms with van der Waals surface area (Å²) >= 11 is 0. The fourth-order valence-corrected chi connectivity index (χ4v) is 1.89. The van der Waals surface area contributed by atoms with Crippen molar-refractivity contribution in [3.63, 3.8) is 0 Å². The summed E-state index contributed by atoms with van der Waals surface area (Å²) in [6.45, 7) is 6.64. The number of piperazine rings is 1. The van der Waals surface area contributed by atoms with Gasteiger partial charge in [0.1, 0.15) is 11.5 Å². The summed E-state index contributed by atoms with van der Waals surface area (Å²) in [5, 5.41) is 6.13. The molecule has 1 amide bonds. The molecule has 1 aliphatic heterocycles. The van der Waals surface area contributed by atoms with Crippen molar-refractivity contribution in [1.29, 1.82) is 0 Å². The van der Waals surface area contributed by atoms with E-state index in [0.717, 1.165) is 37.7 Å². The van der Waals surface area contributed by atoms with Crippen molar-refractivity contribution < 1.29 is 9.21 Å². The Labute approximate surface area is 101 Å². The summed E-state index contributed by atoms with van der Waals surface area (Å²) < 4.78 is 5.39. The number of carbonyl (C=O) groups is 1. The Morgan fingerprint density at radius 2 is 2.24 bits per heavy atom. The van der Waals surface area contributed by atoms with Crippen LogP contribution in [0, 0.1) is 6.92 Å². The maximum Gasteiger partial charge on any atom is 0.234 e. The summed E-state index contributed by atoms with van der Waals surface area (Å²) in [7, 11) is 0. The molecule has 0 spiro atoms. The molecule has 1 aromatic heterocycles. The number of furan rings is 1. The number of aryl methyl sites for hydroxylation is 1. The van der Waals surface area contributed by atoms with E-state index < -0.39 is 0 Å². The van der Waals surface area contributed by atoms with E-state index in [1.807, 2.05) is 19.1 Å². The molecule has 1 fully saturated rings. The van der Waals surface area contributed by atoms with Gasteiger partial charge in [-0.2, -0.15) is 0 Å². The molecular formula is C12H19N3O2. The molecule has 5 heteroatoms. The molecule has 0 saturated carbocycles. The maximum absolute atomic E-state index is 11.7. The first-order valence-electron chi connectivity index (χ1n) is 5.99. The summed E-state index contributed by atoms with van der Waals surface area (Å²) in [5.74, 6) is 1.73. The van der Waals surface area contributed by atoms with Crippen LogP contribution in [0.15, 0.2) is 16.5 Å². The van der Waals surface area contributed by atoms with Gasteiger partial charge in [-0.1, -0.05) is 0 Å². The monoisotopic (exact) mass is 237 g/mol. The molecule has 2 N–H and O–H groups in total. The summed E-state index contributed by atoms with van der Waals surface area (Å²) in [5.41, 5.74) is 0. The van der Waals surface area contributed by atoms with Crippen LogP contribution in [0.3, 0.4) is 0 Å². The maximum atomic E-state index is 11.7. The second-order valence-corrected chi connectivity index (χ2v) is 4.32. The van der Waals surface area contributed by atoms with Crippen LogP contribution in [-0.2, 0) is 11.3 Å². The van der Waals surface area contributed by atoms with E-state index in [2.05, 4.69) is 15.5 Å². The van der Waals surface area contributed by atoms with Crippen molar-refractivity contribution in [3.05, 3.63) is 23.7 Å². The number of hydrogen-bond donors (Lipinski definition) is 2. The van der Waals surface area contributed by atoms with Crippen LogP contribution in [0.25, 0.3) is 0 Å². The van der Waals surface area contributed by atoms with E-state index in [1.54, 1.807) is 0 Å². The quantitative estimate of drug-likeness (QED) is 0.780. The molecule has 0 aliphatic carbocycles. The van der Waals surface area contributed by atoms with Gasteiger partial charge in [0.2, 0.25) is 5.91 Å². The van der Waals surface area contributed by atoms with Gasteiger partial charge in [-0.05, 0) is 19.1 Å². The van der Waals surface area contributed by atoms with Gasteiger partial charge in [0.05, 0.1) is 13.1 Å². The Bertz CT molecular complexity index is 370. The van der Waals surface area contributed by atoms with Crippen LogP contribution >= 0.6 is 0 Å². The summed E-state index contributed by atoms with van der Waals surface area (Å²) in [4.78, 5) is 13.8. The fraction of sp³-hybridized carbons (Fsp3) is 0.583. The molecule has 1 saturated heterocycles. The minimum absolute atomic E-state index is 0.0564. The Hall–Kier alpha value is -1.33. The lowest BCUT2D eigenvalue weighted by Gasteiger charge is -2.26. The number of carbonyl (C=O) groups excluding carboxylic acids is 1. The summed E-state index contributed by atoms with van der Waals surface area (Å²) in [6, 6.07) is 3.79. The van der Waals surface area contributed by atoms with Gasteiger partial charge in [0.25, 0.3) is 0 Å². The largest absolute Gasteiger partial charge is 0.465 e. The first kappa shape index (κ1) is 12.1. The molecule has 0 unspecified atom stereocenters. The molecule has 2 heterocycles. The van der Waals surface area contributed by atoms with E-state index in [4.69, 9.17) is 4.42 Å². The highest BCUT2D eigenvalue weighted by atomic mass is 16.3. The standard InChI is InChI=1S/C12H19N3O2/c1-10-2-3-11(17-10)8-14-12(16)9-15-6-4-13-5-7-15/h2-3,13H,4-9H2,1H3,(H,14,16). The number of nitrogens with zero attached hydrogens (tertiary/aromatic N) is 1. The molecule has 0 radical (unpaired) electrons. The second-order valence-electron chi connectivity index (χ2n) is 4.32. The van der Waals surface area contributed by atoms with Crippen LogP contribution in [0.4, 0.5) is 0 Å². The smallest absolute Gasteiger partial charge is 0.234 e. The predicted octanol–water partition coefficient (Wildman–Crippen LogP) is 0.109. The third kappa shape index (κ3) is 3.87. The molecule has 0 aromatic carbocycles. The first-order valence-corrected chi connectivity index (χ1v) is 5.99. The summed E-state index contributed by atoms with van der Waals surface area (Å²) in [6.07, 6.45) is 0. The van der Waals surface area contributed by atoms with E-state index in [-0.39, 0.29) is 5.91 Å². The highest BCUT2D eigenvalue weighted by Gasteiger charge is 2.13. The topological polar surface area (TPSA) is 57.5 Å². The lowest BCUT2D eigenvalue weighted by atomic mass is 10.3. The molecule has 0 bridgehead atoms. The van der Waals surface area contributed by atoms with E-state index in [9.17, 15) is 4.79 Å². The van der Waals surface area contributed by atoms with Crippen molar-refractivity contribution in [2.24, 2.45) is 0 Å². The molecule has 17 heavy (non-hydrogen) atoms. The number of amides is 1. The first-order chi connectivity index (χ1) is 8.24. The minimum atomic E-state index is 0.0564. The van der Waals surface area contributed by atoms with Gasteiger partial charge in [0.15, 0.2) is 0 Å². The van der Waals surface area contributed by atoms with Gasteiger partial charge in [0, 0.05) is 26.2 Å². The van der Waals surface area contributed by atoms with Crippen molar-refractivity contribution in [2.75, 3.05) is 32.7 Å². The van der Waals surface area contributed by atoms with Crippen LogP contribution in [0.2, 0.25) is 0 Å². The average Bonchev–Trinajstić information content (AvgIpc) is 2.74. The van der Waals surface area contributed by atoms with Gasteiger partial charge in [-0.3, -0.25) is 9.69 Å². The lowest BCUT2D eigenvalue weighted by Crippen LogP contribution is -2.47. The van der Waals surface area contributed by atoms with Crippen LogP contribution < -0.4 is 10.6 Å². The fourth-order valence-electron chi connectivity index (χ4n) is 1.89. The van der Waals surface area contributed by atoms with Crippen LogP contribution in [-0.4, -0.2) is 43.5 Å². The van der Waals surface area contributed by atoms with Crippen molar-refractivity contribution in [2.45, 2.75) is 13.5 Å². The Morgan fingerprint density at radius 1 is 1.47 bits per heavy atom. The molecular weight excluding hydrogens is 218 g/mol. The molecule has 5 nitrogen and oxygen atoms in total. The Balaban J connectivity index is 1.70. The van der Waals surface area contributed by atoms with Gasteiger partial charge >= 0.3 is 0 Å². The number of rotatable bonds is 4. The Kier molecular flexibility index (Phi) is 4.17. The zero-order valence-electron chi connectivity index (χ0n) is 10.2. The van der Waals surface area contributed by atoms with Gasteiger partial charge in [-0.15, -0.1) is 0 Å². The molecule has 0 atom stereocenters. The SMILES string of the molecule is Cc1ccc(CNC(=O)CN2CCNCC2)o1. The van der Waals surface area contributed by atoms with E-state index in [1.165, 1.54) is 0 Å². The van der Waals surface area contributed by atoms with Gasteiger partial charge in [-0.25, -0.2) is 0 Å². The third-order valence-corrected chi connectivity index (χ3v) is 2.83. The van der Waals surface area contributed by atoms with Crippen LogP contribution in [0.1, 0.15) is 11.5 Å². The highest BCUT2D eigenvalue weighted by molar-refractivity contribution is 5.77. The molecule has 2 rings (SSSR count). The van der Waals surface area contributed by atoms with Gasteiger partial charge < -0.3 is 15.1 Å². The molecule has 1 aliphatic rings.